The molecule has 1 unspecified atom stereocenters. The number of hydrogen-bond acceptors (Lipinski definition) is 4. The average Bonchev–Trinajstić information content (AvgIpc) is 2.57. The van der Waals surface area contributed by atoms with Gasteiger partial charge >= 0.3 is 11.4 Å². The van der Waals surface area contributed by atoms with Crippen molar-refractivity contribution in [1.29, 1.82) is 0 Å². The molecule has 1 aliphatic heterocycles. The number of nitrogens with zero attached hydrogens (tertiary/aromatic N) is 2. The Labute approximate surface area is 103 Å². The molecule has 0 spiro atoms. The first-order valence-corrected chi connectivity index (χ1v) is 5.95. The van der Waals surface area contributed by atoms with Crippen LogP contribution in [-0.2, 0) is 4.74 Å². The summed E-state index contributed by atoms with van der Waals surface area (Å²) in [7, 11) is 0. The van der Waals surface area contributed by atoms with Crippen LogP contribution >= 0.6 is 11.6 Å². The molecule has 0 saturated carbocycles. The van der Waals surface area contributed by atoms with Gasteiger partial charge in [0.25, 0.3) is 0 Å². The molecule has 7 heteroatoms. The molecule has 1 fully saturated rings. The Balaban J connectivity index is 2.35. The van der Waals surface area contributed by atoms with Gasteiger partial charge in [0.05, 0.1) is 11.5 Å². The van der Waals surface area contributed by atoms with Gasteiger partial charge in [-0.05, 0) is 6.42 Å². The van der Waals surface area contributed by atoms with Gasteiger partial charge in [-0.15, -0.1) is 11.6 Å². The van der Waals surface area contributed by atoms with E-state index in [2.05, 4.69) is 9.97 Å². The summed E-state index contributed by atoms with van der Waals surface area (Å²) in [4.78, 5) is 28.1. The number of ether oxygens (including phenoxy) is 1. The minimum Gasteiger partial charge on any atom is -0.353 e. The Bertz CT molecular complexity index is 512. The lowest BCUT2D eigenvalue weighted by atomic mass is 10.0. The second kappa shape index (κ2) is 4.62. The van der Waals surface area contributed by atoms with Crippen molar-refractivity contribution in [3.8, 4) is 0 Å². The van der Waals surface area contributed by atoms with E-state index in [1.54, 1.807) is 0 Å². The molecule has 1 aromatic rings. The zero-order chi connectivity index (χ0) is 12.6. The van der Waals surface area contributed by atoms with Crippen LogP contribution in [0.25, 0.3) is 0 Å². The number of nitrogens with one attached hydrogen (secondary N) is 1. The number of alkyl halides is 1. The van der Waals surface area contributed by atoms with Crippen molar-refractivity contribution in [3.63, 3.8) is 0 Å². The summed E-state index contributed by atoms with van der Waals surface area (Å²) in [6, 6.07) is 0. The first-order valence-electron chi connectivity index (χ1n) is 5.51. The van der Waals surface area contributed by atoms with Gasteiger partial charge in [0, 0.05) is 5.92 Å². The van der Waals surface area contributed by atoms with Crippen LogP contribution in [0.1, 0.15) is 26.5 Å². The number of rotatable bonds is 2. The highest BCUT2D eigenvalue weighted by molar-refractivity contribution is 6.21. The third kappa shape index (κ3) is 2.14. The summed E-state index contributed by atoms with van der Waals surface area (Å²) in [6.07, 6.45) is 1.44. The van der Waals surface area contributed by atoms with E-state index in [4.69, 9.17) is 16.3 Å². The van der Waals surface area contributed by atoms with E-state index in [0.29, 0.717) is 0 Å². The Kier molecular flexibility index (Phi) is 3.35. The maximum atomic E-state index is 11.6. The molecule has 0 bridgehead atoms. The van der Waals surface area contributed by atoms with E-state index in [1.165, 1.54) is 10.9 Å². The predicted octanol–water partition coefficient (Wildman–Crippen LogP) is 0.483. The van der Waals surface area contributed by atoms with Crippen LogP contribution in [-0.4, -0.2) is 26.0 Å². The van der Waals surface area contributed by atoms with Crippen LogP contribution < -0.4 is 11.4 Å². The van der Waals surface area contributed by atoms with Gasteiger partial charge in [0.1, 0.15) is 6.33 Å². The molecule has 2 heterocycles. The minimum absolute atomic E-state index is 0.0151. The average molecular weight is 260 g/mol. The summed E-state index contributed by atoms with van der Waals surface area (Å²) in [5, 5.41) is -0.314. The monoisotopic (exact) mass is 259 g/mol. The minimum atomic E-state index is -0.671. The highest BCUT2D eigenvalue weighted by Crippen LogP contribution is 2.37. The normalized spacial score (nSPS) is 32.9. The molecule has 0 amide bonds. The number of hydrogen-bond donors (Lipinski definition) is 1. The number of H-pyrrole nitrogens is 1. The lowest BCUT2D eigenvalue weighted by Crippen LogP contribution is -2.36. The van der Waals surface area contributed by atoms with Crippen LogP contribution in [0.3, 0.4) is 0 Å². The third-order valence-electron chi connectivity index (χ3n) is 3.10. The zero-order valence-corrected chi connectivity index (χ0v) is 10.3. The molecule has 2 rings (SSSR count). The van der Waals surface area contributed by atoms with E-state index in [0.717, 1.165) is 6.42 Å². The molecule has 1 N–H and O–H groups in total. The van der Waals surface area contributed by atoms with Crippen LogP contribution in [0, 0.1) is 5.92 Å². The van der Waals surface area contributed by atoms with E-state index in [-0.39, 0.29) is 17.4 Å². The van der Waals surface area contributed by atoms with Gasteiger partial charge in [-0.2, -0.15) is 4.98 Å². The molecule has 1 aromatic heterocycles. The molecule has 1 saturated heterocycles. The number of aromatic nitrogens is 3. The van der Waals surface area contributed by atoms with Crippen LogP contribution in [0.2, 0.25) is 0 Å². The lowest BCUT2D eigenvalue weighted by molar-refractivity contribution is -0.00752. The van der Waals surface area contributed by atoms with Gasteiger partial charge in [-0.25, -0.2) is 9.59 Å². The first kappa shape index (κ1) is 12.3. The van der Waals surface area contributed by atoms with Crippen molar-refractivity contribution in [1.82, 2.24) is 14.5 Å². The standard InChI is InChI=1S/C10H14ClN3O3/c1-3-6-5(2)7(11)8(17-6)14-4-12-9(15)13-10(14)16/h4-8H,3H2,1-2H3,(H,13,15,16)/t5?,6-,7+,8-/m0/s1. The first-order chi connectivity index (χ1) is 8.04. The van der Waals surface area contributed by atoms with Gasteiger partial charge in [0.15, 0.2) is 6.23 Å². The largest absolute Gasteiger partial charge is 0.353 e. The van der Waals surface area contributed by atoms with Crippen molar-refractivity contribution in [2.24, 2.45) is 5.92 Å². The van der Waals surface area contributed by atoms with Gasteiger partial charge < -0.3 is 4.74 Å². The van der Waals surface area contributed by atoms with E-state index < -0.39 is 17.6 Å². The fourth-order valence-electron chi connectivity index (χ4n) is 2.07. The van der Waals surface area contributed by atoms with Gasteiger partial charge in [-0.3, -0.25) is 9.55 Å². The SMILES string of the molecule is CC[C@@H]1O[C@H](n2cnc(=O)[nH]c2=O)[C@H](Cl)C1C. The quantitative estimate of drug-likeness (QED) is 0.784. The molecule has 94 valence electrons. The Hall–Kier alpha value is -1.14. The summed E-state index contributed by atoms with van der Waals surface area (Å²) < 4.78 is 6.94. The highest BCUT2D eigenvalue weighted by Gasteiger charge is 2.41. The summed E-state index contributed by atoms with van der Waals surface area (Å²) in [5.41, 5.74) is -1.22. The second-order valence-electron chi connectivity index (χ2n) is 4.16. The Morgan fingerprint density at radius 3 is 2.82 bits per heavy atom. The number of aromatic amines is 1. The van der Waals surface area contributed by atoms with Crippen LogP contribution in [0.5, 0.6) is 0 Å². The van der Waals surface area contributed by atoms with E-state index >= 15 is 0 Å². The summed E-state index contributed by atoms with van der Waals surface area (Å²) in [5.74, 6) is 0.144. The topological polar surface area (TPSA) is 77.0 Å². The molecule has 4 atom stereocenters. The van der Waals surface area contributed by atoms with E-state index in [1.807, 2.05) is 13.8 Å². The molecular formula is C10H14ClN3O3. The second-order valence-corrected chi connectivity index (χ2v) is 4.67. The fourth-order valence-corrected chi connectivity index (χ4v) is 2.41. The highest BCUT2D eigenvalue weighted by atomic mass is 35.5. The molecular weight excluding hydrogens is 246 g/mol. The number of halogens is 1. The van der Waals surface area contributed by atoms with E-state index in [9.17, 15) is 9.59 Å². The van der Waals surface area contributed by atoms with Crippen LogP contribution in [0.15, 0.2) is 15.9 Å². The molecule has 6 nitrogen and oxygen atoms in total. The van der Waals surface area contributed by atoms with Crippen molar-refractivity contribution in [2.75, 3.05) is 0 Å². The van der Waals surface area contributed by atoms with Crippen molar-refractivity contribution < 1.29 is 4.74 Å². The lowest BCUT2D eigenvalue weighted by Gasteiger charge is -2.15. The van der Waals surface area contributed by atoms with Crippen molar-refractivity contribution >= 4 is 11.6 Å². The molecule has 0 aliphatic carbocycles. The maximum absolute atomic E-state index is 11.6. The zero-order valence-electron chi connectivity index (χ0n) is 9.59. The van der Waals surface area contributed by atoms with Gasteiger partial charge in [-0.1, -0.05) is 13.8 Å². The molecule has 0 radical (unpaired) electrons. The maximum Gasteiger partial charge on any atom is 0.350 e. The predicted molar refractivity (Wildman–Crippen MR) is 62.1 cm³/mol. The summed E-state index contributed by atoms with van der Waals surface area (Å²) >= 11 is 6.24. The molecule has 0 aromatic carbocycles. The Morgan fingerprint density at radius 2 is 2.29 bits per heavy atom. The smallest absolute Gasteiger partial charge is 0.350 e. The van der Waals surface area contributed by atoms with Crippen LogP contribution in [0.4, 0.5) is 0 Å². The Morgan fingerprint density at radius 1 is 1.59 bits per heavy atom. The fraction of sp³-hybridized carbons (Fsp3) is 0.700. The van der Waals surface area contributed by atoms with Gasteiger partial charge in [0.2, 0.25) is 0 Å². The van der Waals surface area contributed by atoms with Crippen molar-refractivity contribution in [2.45, 2.75) is 38.0 Å². The molecule has 17 heavy (non-hydrogen) atoms. The summed E-state index contributed by atoms with van der Waals surface area (Å²) in [6.45, 7) is 3.98. The van der Waals surface area contributed by atoms with Crippen molar-refractivity contribution in [3.05, 3.63) is 27.3 Å². The molecule has 1 aliphatic rings. The third-order valence-corrected chi connectivity index (χ3v) is 3.71.